The second-order valence-electron chi connectivity index (χ2n) is 5.32. The van der Waals surface area contributed by atoms with Gasteiger partial charge in [0.1, 0.15) is 18.1 Å². The lowest BCUT2D eigenvalue weighted by atomic mass is 10.2. The minimum atomic E-state index is -0.422. The number of nitrogens with zero attached hydrogens (tertiary/aromatic N) is 2. The molecule has 9 heteroatoms. The molecule has 3 aromatic rings. The normalized spacial score (nSPS) is 10.3. The van der Waals surface area contributed by atoms with Crippen molar-refractivity contribution in [2.75, 3.05) is 5.32 Å². The number of hydrogen-bond acceptors (Lipinski definition) is 7. The van der Waals surface area contributed by atoms with Gasteiger partial charge in [-0.15, -0.1) is 10.2 Å². The lowest BCUT2D eigenvalue weighted by Gasteiger charge is -2.04. The van der Waals surface area contributed by atoms with Gasteiger partial charge in [-0.25, -0.2) is 0 Å². The van der Waals surface area contributed by atoms with E-state index in [1.54, 1.807) is 48.5 Å². The monoisotopic (exact) mass is 403 g/mol. The molecule has 1 heterocycles. The summed E-state index contributed by atoms with van der Waals surface area (Å²) in [6.45, 7) is 1.54. The van der Waals surface area contributed by atoms with Crippen LogP contribution in [0.4, 0.5) is 5.13 Å². The third-order valence-corrected chi connectivity index (χ3v) is 4.31. The zero-order valence-electron chi connectivity index (χ0n) is 14.1. The Labute approximate surface area is 163 Å². The third-order valence-electron chi connectivity index (χ3n) is 3.24. The summed E-state index contributed by atoms with van der Waals surface area (Å²) in [4.78, 5) is 23.1. The summed E-state index contributed by atoms with van der Waals surface area (Å²) in [6, 6.07) is 13.2. The number of benzene rings is 2. The van der Waals surface area contributed by atoms with E-state index in [2.05, 4.69) is 15.5 Å². The van der Waals surface area contributed by atoms with Gasteiger partial charge >= 0.3 is 5.97 Å². The molecule has 0 atom stereocenters. The first-order valence-corrected chi connectivity index (χ1v) is 8.99. The van der Waals surface area contributed by atoms with Gasteiger partial charge in [0.25, 0.3) is 5.91 Å². The van der Waals surface area contributed by atoms with Crippen LogP contribution in [0, 0.1) is 0 Å². The molecule has 2 aromatic carbocycles. The molecular formula is C18H14ClN3O4S. The van der Waals surface area contributed by atoms with E-state index in [1.165, 1.54) is 18.3 Å². The fraction of sp³-hybridized carbons (Fsp3) is 0.111. The van der Waals surface area contributed by atoms with Gasteiger partial charge in [0.15, 0.2) is 5.01 Å². The van der Waals surface area contributed by atoms with Gasteiger partial charge in [0.05, 0.1) is 0 Å². The minimum absolute atomic E-state index is 0.228. The van der Waals surface area contributed by atoms with Crippen LogP contribution in [-0.2, 0) is 11.4 Å². The SMILES string of the molecule is CC(=O)Oc1ccc(C(=O)Nc2nnc(COc3ccc(Cl)cc3)s2)cc1. The predicted molar refractivity (Wildman–Crippen MR) is 101 cm³/mol. The third kappa shape index (κ3) is 5.50. The lowest BCUT2D eigenvalue weighted by Crippen LogP contribution is -2.11. The Kier molecular flexibility index (Phi) is 6.00. The van der Waals surface area contributed by atoms with Crippen LogP contribution in [-0.4, -0.2) is 22.1 Å². The molecular weight excluding hydrogens is 390 g/mol. The lowest BCUT2D eigenvalue weighted by molar-refractivity contribution is -0.131. The molecule has 0 unspecified atom stereocenters. The Morgan fingerprint density at radius 1 is 1.04 bits per heavy atom. The van der Waals surface area contributed by atoms with E-state index in [4.69, 9.17) is 21.1 Å². The van der Waals surface area contributed by atoms with Crippen molar-refractivity contribution in [2.45, 2.75) is 13.5 Å². The topological polar surface area (TPSA) is 90.4 Å². The summed E-state index contributed by atoms with van der Waals surface area (Å²) in [5, 5.41) is 12.2. The summed E-state index contributed by atoms with van der Waals surface area (Å²) in [5.41, 5.74) is 0.403. The zero-order chi connectivity index (χ0) is 19.2. The predicted octanol–water partition coefficient (Wildman–Crippen LogP) is 3.95. The van der Waals surface area contributed by atoms with Gasteiger partial charge < -0.3 is 9.47 Å². The Morgan fingerprint density at radius 2 is 1.70 bits per heavy atom. The highest BCUT2D eigenvalue weighted by Crippen LogP contribution is 2.21. The van der Waals surface area contributed by atoms with Gasteiger partial charge in [-0.1, -0.05) is 22.9 Å². The van der Waals surface area contributed by atoms with Crippen molar-refractivity contribution in [3.05, 3.63) is 64.1 Å². The first-order valence-electron chi connectivity index (χ1n) is 7.80. The van der Waals surface area contributed by atoms with Crippen LogP contribution < -0.4 is 14.8 Å². The van der Waals surface area contributed by atoms with E-state index in [-0.39, 0.29) is 12.5 Å². The van der Waals surface area contributed by atoms with Crippen LogP contribution in [0.2, 0.25) is 5.02 Å². The Bertz CT molecular complexity index is 942. The molecule has 0 fully saturated rings. The number of nitrogens with one attached hydrogen (secondary N) is 1. The van der Waals surface area contributed by atoms with Gasteiger partial charge in [-0.05, 0) is 48.5 Å². The van der Waals surface area contributed by atoms with Gasteiger partial charge in [0.2, 0.25) is 5.13 Å². The van der Waals surface area contributed by atoms with Crippen molar-refractivity contribution in [2.24, 2.45) is 0 Å². The van der Waals surface area contributed by atoms with Crippen LogP contribution in [0.3, 0.4) is 0 Å². The molecule has 0 bridgehead atoms. The number of carbonyl (C=O) groups excluding carboxylic acids is 2. The smallest absolute Gasteiger partial charge is 0.308 e. The standard InChI is InChI=1S/C18H14ClN3O4S/c1-11(23)26-15-6-2-12(3-7-15)17(24)20-18-22-21-16(27-18)10-25-14-8-4-13(19)5-9-14/h2-9H,10H2,1H3,(H,20,22,24). The highest BCUT2D eigenvalue weighted by Gasteiger charge is 2.11. The summed E-state index contributed by atoms with van der Waals surface area (Å²) in [6.07, 6.45) is 0. The molecule has 1 aromatic heterocycles. The molecule has 1 amide bonds. The van der Waals surface area contributed by atoms with Crippen LogP contribution in [0.25, 0.3) is 0 Å². The van der Waals surface area contributed by atoms with Crippen LogP contribution in [0.1, 0.15) is 22.3 Å². The van der Waals surface area contributed by atoms with E-state index in [1.807, 2.05) is 0 Å². The minimum Gasteiger partial charge on any atom is -0.486 e. The number of esters is 1. The largest absolute Gasteiger partial charge is 0.486 e. The highest BCUT2D eigenvalue weighted by atomic mass is 35.5. The van der Waals surface area contributed by atoms with E-state index >= 15 is 0 Å². The molecule has 0 spiro atoms. The number of amides is 1. The molecule has 27 heavy (non-hydrogen) atoms. The zero-order valence-corrected chi connectivity index (χ0v) is 15.7. The average Bonchev–Trinajstić information content (AvgIpc) is 3.08. The first-order chi connectivity index (χ1) is 13.0. The maximum absolute atomic E-state index is 12.2. The molecule has 0 aliphatic heterocycles. The molecule has 0 saturated heterocycles. The average molecular weight is 404 g/mol. The maximum atomic E-state index is 12.2. The number of rotatable bonds is 6. The number of carbonyl (C=O) groups is 2. The van der Waals surface area contributed by atoms with E-state index in [9.17, 15) is 9.59 Å². The second kappa shape index (κ2) is 8.61. The first kappa shape index (κ1) is 18.8. The summed E-state index contributed by atoms with van der Waals surface area (Å²) in [5.74, 6) is 0.268. The van der Waals surface area contributed by atoms with E-state index in [0.717, 1.165) is 0 Å². The Balaban J connectivity index is 1.55. The van der Waals surface area contributed by atoms with Crippen molar-refractivity contribution in [1.29, 1.82) is 0 Å². The van der Waals surface area contributed by atoms with Gasteiger partial charge in [-0.2, -0.15) is 0 Å². The van der Waals surface area contributed by atoms with Crippen molar-refractivity contribution in [3.8, 4) is 11.5 Å². The Hall–Kier alpha value is -2.97. The Morgan fingerprint density at radius 3 is 2.37 bits per heavy atom. The molecule has 0 aliphatic rings. The molecule has 0 saturated carbocycles. The fourth-order valence-corrected chi connectivity index (χ4v) is 2.82. The van der Waals surface area contributed by atoms with E-state index < -0.39 is 5.97 Å². The number of ether oxygens (including phenoxy) is 2. The molecule has 0 aliphatic carbocycles. The van der Waals surface area contributed by atoms with Gasteiger partial charge in [-0.3, -0.25) is 14.9 Å². The van der Waals surface area contributed by atoms with Crippen molar-refractivity contribution in [1.82, 2.24) is 10.2 Å². The highest BCUT2D eigenvalue weighted by molar-refractivity contribution is 7.15. The molecule has 1 N–H and O–H groups in total. The molecule has 3 rings (SSSR count). The molecule has 7 nitrogen and oxygen atoms in total. The number of aromatic nitrogens is 2. The summed E-state index contributed by atoms with van der Waals surface area (Å²) in [7, 11) is 0. The quantitative estimate of drug-likeness (QED) is 0.495. The second-order valence-corrected chi connectivity index (χ2v) is 6.81. The van der Waals surface area contributed by atoms with Crippen LogP contribution in [0.15, 0.2) is 48.5 Å². The summed E-state index contributed by atoms with van der Waals surface area (Å²) < 4.78 is 10.5. The number of hydrogen-bond donors (Lipinski definition) is 1. The number of anilines is 1. The van der Waals surface area contributed by atoms with Crippen molar-refractivity contribution >= 4 is 39.9 Å². The molecule has 138 valence electrons. The molecule has 0 radical (unpaired) electrons. The van der Waals surface area contributed by atoms with Crippen molar-refractivity contribution in [3.63, 3.8) is 0 Å². The fourth-order valence-electron chi connectivity index (χ4n) is 2.05. The van der Waals surface area contributed by atoms with Crippen LogP contribution >= 0.6 is 22.9 Å². The summed E-state index contributed by atoms with van der Waals surface area (Å²) >= 11 is 7.04. The van der Waals surface area contributed by atoms with Crippen LogP contribution in [0.5, 0.6) is 11.5 Å². The van der Waals surface area contributed by atoms with Gasteiger partial charge in [0, 0.05) is 17.5 Å². The van der Waals surface area contributed by atoms with E-state index in [0.29, 0.717) is 32.2 Å². The number of halogens is 1. The maximum Gasteiger partial charge on any atom is 0.308 e. The van der Waals surface area contributed by atoms with Crippen molar-refractivity contribution < 1.29 is 19.1 Å².